The maximum absolute atomic E-state index is 5.85. The third kappa shape index (κ3) is 3.31. The summed E-state index contributed by atoms with van der Waals surface area (Å²) in [5.41, 5.74) is 6.90. The third-order valence-corrected chi connectivity index (χ3v) is 3.50. The molecule has 1 aromatic heterocycles. The van der Waals surface area contributed by atoms with Crippen LogP contribution < -0.4 is 10.5 Å². The van der Waals surface area contributed by atoms with Gasteiger partial charge in [-0.1, -0.05) is 22.0 Å². The topological polar surface area (TPSA) is 48.1 Å². The maximum Gasteiger partial charge on any atom is 0.146 e. The van der Waals surface area contributed by atoms with Gasteiger partial charge in [0.05, 0.1) is 6.20 Å². The highest BCUT2D eigenvalue weighted by Crippen LogP contribution is 2.29. The van der Waals surface area contributed by atoms with Crippen molar-refractivity contribution in [2.24, 2.45) is 5.73 Å². The van der Waals surface area contributed by atoms with E-state index in [1.807, 2.05) is 31.2 Å². The Balaban J connectivity index is 2.23. The van der Waals surface area contributed by atoms with Gasteiger partial charge in [0.2, 0.25) is 0 Å². The van der Waals surface area contributed by atoms with E-state index in [9.17, 15) is 0 Å². The van der Waals surface area contributed by atoms with Gasteiger partial charge in [-0.15, -0.1) is 0 Å². The molecule has 0 radical (unpaired) electrons. The van der Waals surface area contributed by atoms with Crippen LogP contribution in [-0.4, -0.2) is 4.98 Å². The second kappa shape index (κ2) is 5.82. The fourth-order valence-corrected chi connectivity index (χ4v) is 2.59. The zero-order chi connectivity index (χ0) is 13.1. The number of hydrogen-bond donors (Lipinski definition) is 1. The highest BCUT2D eigenvalue weighted by molar-refractivity contribution is 9.10. The lowest BCUT2D eigenvalue weighted by molar-refractivity contribution is 0.479. The van der Waals surface area contributed by atoms with Crippen LogP contribution in [0.25, 0.3) is 0 Å². The van der Waals surface area contributed by atoms with Crippen molar-refractivity contribution in [2.45, 2.75) is 13.0 Å². The molecule has 0 fully saturated rings. The fourth-order valence-electron chi connectivity index (χ4n) is 1.52. The van der Waals surface area contributed by atoms with Gasteiger partial charge in [0.25, 0.3) is 0 Å². The van der Waals surface area contributed by atoms with E-state index >= 15 is 0 Å². The molecule has 0 aliphatic rings. The van der Waals surface area contributed by atoms with Crippen LogP contribution in [-0.2, 0) is 0 Å². The van der Waals surface area contributed by atoms with Gasteiger partial charge in [-0.25, -0.2) is 0 Å². The van der Waals surface area contributed by atoms with E-state index in [4.69, 9.17) is 10.5 Å². The van der Waals surface area contributed by atoms with Crippen molar-refractivity contribution in [1.29, 1.82) is 0 Å². The molecular formula is C13H12Br2N2O. The molecule has 0 saturated carbocycles. The molecule has 94 valence electrons. The molecule has 1 aromatic carbocycles. The SMILES string of the molecule is C[C@H](N)c1ccc(Oc2cncc(Br)c2)cc1Br. The maximum atomic E-state index is 5.85. The molecule has 0 amide bonds. The van der Waals surface area contributed by atoms with Crippen molar-refractivity contribution in [3.05, 3.63) is 51.2 Å². The Morgan fingerprint density at radius 3 is 2.56 bits per heavy atom. The van der Waals surface area contributed by atoms with Crippen molar-refractivity contribution in [2.75, 3.05) is 0 Å². The van der Waals surface area contributed by atoms with Gasteiger partial charge in [-0.05, 0) is 46.6 Å². The number of hydrogen-bond acceptors (Lipinski definition) is 3. The highest BCUT2D eigenvalue weighted by atomic mass is 79.9. The molecule has 0 saturated heterocycles. The van der Waals surface area contributed by atoms with Crippen molar-refractivity contribution in [3.8, 4) is 11.5 Å². The van der Waals surface area contributed by atoms with E-state index < -0.39 is 0 Å². The van der Waals surface area contributed by atoms with Gasteiger partial charge in [0.15, 0.2) is 0 Å². The van der Waals surface area contributed by atoms with Crippen LogP contribution in [0, 0.1) is 0 Å². The molecule has 2 aromatic rings. The van der Waals surface area contributed by atoms with Crippen LogP contribution in [0.4, 0.5) is 0 Å². The number of aromatic nitrogens is 1. The predicted octanol–water partition coefficient (Wildman–Crippen LogP) is 4.42. The van der Waals surface area contributed by atoms with Gasteiger partial charge in [-0.2, -0.15) is 0 Å². The fraction of sp³-hybridized carbons (Fsp3) is 0.154. The predicted molar refractivity (Wildman–Crippen MR) is 78.8 cm³/mol. The number of nitrogens with zero attached hydrogens (tertiary/aromatic N) is 1. The lowest BCUT2D eigenvalue weighted by Crippen LogP contribution is -2.05. The summed E-state index contributed by atoms with van der Waals surface area (Å²) in [7, 11) is 0. The quantitative estimate of drug-likeness (QED) is 0.868. The largest absolute Gasteiger partial charge is 0.456 e. The first-order chi connectivity index (χ1) is 8.56. The lowest BCUT2D eigenvalue weighted by atomic mass is 10.1. The molecule has 0 bridgehead atoms. The Hall–Kier alpha value is -0.910. The van der Waals surface area contributed by atoms with Gasteiger partial charge in [0.1, 0.15) is 11.5 Å². The summed E-state index contributed by atoms with van der Waals surface area (Å²) in [4.78, 5) is 4.04. The van der Waals surface area contributed by atoms with Crippen LogP contribution in [0.1, 0.15) is 18.5 Å². The van der Waals surface area contributed by atoms with Gasteiger partial charge < -0.3 is 10.5 Å². The number of ether oxygens (including phenoxy) is 1. The summed E-state index contributed by atoms with van der Waals surface area (Å²) in [5, 5.41) is 0. The molecule has 3 nitrogen and oxygen atoms in total. The molecule has 1 atom stereocenters. The molecule has 2 N–H and O–H groups in total. The third-order valence-electron chi connectivity index (χ3n) is 2.38. The summed E-state index contributed by atoms with van der Waals surface area (Å²) in [5.74, 6) is 1.43. The Labute approximate surface area is 123 Å². The van der Waals surface area contributed by atoms with Crippen LogP contribution in [0.5, 0.6) is 11.5 Å². The minimum atomic E-state index is -0.0130. The van der Waals surface area contributed by atoms with E-state index in [1.54, 1.807) is 12.4 Å². The second-order valence-electron chi connectivity index (χ2n) is 3.91. The van der Waals surface area contributed by atoms with Crippen LogP contribution >= 0.6 is 31.9 Å². The molecular weight excluding hydrogens is 360 g/mol. The molecule has 18 heavy (non-hydrogen) atoms. The molecule has 0 aliphatic carbocycles. The number of halogens is 2. The Morgan fingerprint density at radius 1 is 1.17 bits per heavy atom. The molecule has 2 rings (SSSR count). The van der Waals surface area contributed by atoms with Crippen LogP contribution in [0.15, 0.2) is 45.6 Å². The summed E-state index contributed by atoms with van der Waals surface area (Å²) in [6.07, 6.45) is 3.38. The Bertz CT molecular complexity index is 558. The van der Waals surface area contributed by atoms with E-state index in [-0.39, 0.29) is 6.04 Å². The van der Waals surface area contributed by atoms with Crippen molar-refractivity contribution in [1.82, 2.24) is 4.98 Å². The van der Waals surface area contributed by atoms with Crippen LogP contribution in [0.3, 0.4) is 0 Å². The summed E-state index contributed by atoms with van der Waals surface area (Å²) in [6, 6.07) is 7.60. The molecule has 0 spiro atoms. The van der Waals surface area contributed by atoms with Gasteiger partial charge in [-0.3, -0.25) is 4.98 Å². The standard InChI is InChI=1S/C13H12Br2N2O/c1-8(16)12-3-2-10(5-13(12)15)18-11-4-9(14)6-17-7-11/h2-8H,16H2,1H3/t8-/m0/s1. The van der Waals surface area contributed by atoms with E-state index in [2.05, 4.69) is 36.8 Å². The summed E-state index contributed by atoms with van der Waals surface area (Å²) < 4.78 is 7.53. The second-order valence-corrected chi connectivity index (χ2v) is 5.68. The van der Waals surface area contributed by atoms with Gasteiger partial charge >= 0.3 is 0 Å². The Morgan fingerprint density at radius 2 is 1.94 bits per heavy atom. The van der Waals surface area contributed by atoms with E-state index in [0.717, 1.165) is 20.3 Å². The minimum Gasteiger partial charge on any atom is -0.456 e. The van der Waals surface area contributed by atoms with E-state index in [0.29, 0.717) is 5.75 Å². The first kappa shape index (κ1) is 13.5. The highest BCUT2D eigenvalue weighted by Gasteiger charge is 2.07. The number of pyridine rings is 1. The molecule has 1 heterocycles. The number of nitrogens with two attached hydrogens (primary N) is 1. The first-order valence-electron chi connectivity index (χ1n) is 5.39. The summed E-state index contributed by atoms with van der Waals surface area (Å²) >= 11 is 6.84. The number of benzene rings is 1. The first-order valence-corrected chi connectivity index (χ1v) is 6.98. The van der Waals surface area contributed by atoms with E-state index in [1.165, 1.54) is 0 Å². The number of rotatable bonds is 3. The average Bonchev–Trinajstić information content (AvgIpc) is 2.28. The van der Waals surface area contributed by atoms with Crippen molar-refractivity contribution < 1.29 is 4.74 Å². The minimum absolute atomic E-state index is 0.0130. The van der Waals surface area contributed by atoms with Crippen molar-refractivity contribution >= 4 is 31.9 Å². The lowest BCUT2D eigenvalue weighted by Gasteiger charge is -2.11. The normalized spacial score (nSPS) is 12.2. The molecule has 0 unspecified atom stereocenters. The Kier molecular flexibility index (Phi) is 4.37. The monoisotopic (exact) mass is 370 g/mol. The molecule has 0 aliphatic heterocycles. The zero-order valence-electron chi connectivity index (χ0n) is 9.73. The molecule has 5 heteroatoms. The summed E-state index contributed by atoms with van der Waals surface area (Å²) in [6.45, 7) is 1.94. The zero-order valence-corrected chi connectivity index (χ0v) is 12.9. The van der Waals surface area contributed by atoms with Gasteiger partial charge in [0, 0.05) is 21.2 Å². The average molecular weight is 372 g/mol. The van der Waals surface area contributed by atoms with Crippen LogP contribution in [0.2, 0.25) is 0 Å². The van der Waals surface area contributed by atoms with Crippen molar-refractivity contribution in [3.63, 3.8) is 0 Å². The smallest absolute Gasteiger partial charge is 0.146 e.